The zero-order chi connectivity index (χ0) is 14.8. The molecule has 4 nitrogen and oxygen atoms in total. The van der Waals surface area contributed by atoms with E-state index < -0.39 is 30.4 Å². The Labute approximate surface area is 111 Å². The van der Waals surface area contributed by atoms with Crippen molar-refractivity contribution in [2.24, 2.45) is 0 Å². The molecule has 1 saturated heterocycles. The van der Waals surface area contributed by atoms with Crippen LogP contribution in [0, 0.1) is 0 Å². The Morgan fingerprint density at radius 3 is 2.70 bits per heavy atom. The summed E-state index contributed by atoms with van der Waals surface area (Å²) in [4.78, 5) is 11.1. The van der Waals surface area contributed by atoms with Crippen LogP contribution >= 0.6 is 0 Å². The van der Waals surface area contributed by atoms with Gasteiger partial charge < -0.3 is 14.8 Å². The third-order valence-corrected chi connectivity index (χ3v) is 2.73. The highest BCUT2D eigenvalue weighted by Gasteiger charge is 2.44. The lowest BCUT2D eigenvalue weighted by molar-refractivity contribution is -0.253. The summed E-state index contributed by atoms with van der Waals surface area (Å²) in [6.45, 7) is 0.107. The molecule has 1 aromatic carbocycles. The molecule has 1 aliphatic heterocycles. The summed E-state index contributed by atoms with van der Waals surface area (Å²) in [5, 5.41) is 2.41. The van der Waals surface area contributed by atoms with Crippen molar-refractivity contribution < 1.29 is 31.8 Å². The van der Waals surface area contributed by atoms with Gasteiger partial charge in [-0.15, -0.1) is 0 Å². The number of hydrogen-bond donors (Lipinski definition) is 1. The number of para-hydroxylation sites is 1. The highest BCUT2D eigenvalue weighted by atomic mass is 19.3. The van der Waals surface area contributed by atoms with Crippen molar-refractivity contribution >= 4 is 6.09 Å². The minimum absolute atomic E-state index is 0.107. The van der Waals surface area contributed by atoms with E-state index >= 15 is 0 Å². The van der Waals surface area contributed by atoms with Crippen molar-refractivity contribution in [3.63, 3.8) is 0 Å². The van der Waals surface area contributed by atoms with Gasteiger partial charge in [0, 0.05) is 12.0 Å². The maximum Gasteiger partial charge on any atom is 0.461 e. The minimum Gasteiger partial charge on any atom is -0.449 e. The fourth-order valence-corrected chi connectivity index (χ4v) is 1.81. The maximum absolute atomic E-state index is 13.0. The van der Waals surface area contributed by atoms with E-state index in [4.69, 9.17) is 0 Å². The van der Waals surface area contributed by atoms with Gasteiger partial charge in [-0.05, 0) is 6.07 Å². The first-order chi connectivity index (χ1) is 9.40. The summed E-state index contributed by atoms with van der Waals surface area (Å²) in [5.74, 6) is -0.398. The second-order valence-electron chi connectivity index (χ2n) is 4.12. The second kappa shape index (κ2) is 5.56. The number of carbonyl (C=O) groups excluding carboxylic acids is 1. The van der Waals surface area contributed by atoms with Gasteiger partial charge in [0.2, 0.25) is 0 Å². The zero-order valence-corrected chi connectivity index (χ0v) is 10.1. The van der Waals surface area contributed by atoms with Crippen LogP contribution in [0.3, 0.4) is 0 Å². The molecule has 1 aromatic rings. The van der Waals surface area contributed by atoms with E-state index in [9.17, 15) is 22.4 Å². The van der Waals surface area contributed by atoms with Crippen molar-refractivity contribution in [2.75, 3.05) is 6.61 Å². The first kappa shape index (κ1) is 14.4. The van der Waals surface area contributed by atoms with Crippen molar-refractivity contribution in [3.8, 4) is 5.75 Å². The third kappa shape index (κ3) is 3.12. The second-order valence-corrected chi connectivity index (χ2v) is 4.12. The van der Waals surface area contributed by atoms with Crippen LogP contribution < -0.4 is 10.1 Å². The molecule has 1 aliphatic rings. The molecule has 2 rings (SSSR count). The monoisotopic (exact) mass is 293 g/mol. The molecule has 0 aromatic heterocycles. The molecule has 0 spiro atoms. The summed E-state index contributed by atoms with van der Waals surface area (Å²) in [7, 11) is 0. The Kier molecular flexibility index (Phi) is 4.01. The van der Waals surface area contributed by atoms with Crippen molar-refractivity contribution in [3.05, 3.63) is 29.8 Å². The van der Waals surface area contributed by atoms with E-state index in [1.54, 1.807) is 0 Å². The summed E-state index contributed by atoms with van der Waals surface area (Å²) in [6.07, 6.45) is -8.91. The Morgan fingerprint density at radius 1 is 1.35 bits per heavy atom. The van der Waals surface area contributed by atoms with Gasteiger partial charge in [0.15, 0.2) is 0 Å². The Morgan fingerprint density at radius 2 is 2.05 bits per heavy atom. The lowest BCUT2D eigenvalue weighted by Gasteiger charge is -2.26. The molecule has 1 fully saturated rings. The van der Waals surface area contributed by atoms with Gasteiger partial charge >= 0.3 is 18.6 Å². The van der Waals surface area contributed by atoms with Gasteiger partial charge in [-0.1, -0.05) is 18.2 Å². The van der Waals surface area contributed by atoms with E-state index in [1.807, 2.05) is 0 Å². The van der Waals surface area contributed by atoms with Crippen molar-refractivity contribution in [2.45, 2.75) is 25.0 Å². The van der Waals surface area contributed by atoms with E-state index in [-0.39, 0.29) is 12.2 Å². The Bertz CT molecular complexity index is 495. The normalized spacial score (nSPS) is 19.4. The molecule has 0 saturated carbocycles. The molecule has 0 unspecified atom stereocenters. The van der Waals surface area contributed by atoms with Gasteiger partial charge in [0.25, 0.3) is 0 Å². The molecule has 0 radical (unpaired) electrons. The fourth-order valence-electron chi connectivity index (χ4n) is 1.81. The number of amides is 1. The summed E-state index contributed by atoms with van der Waals surface area (Å²) >= 11 is 0. The quantitative estimate of drug-likeness (QED) is 0.868. The number of hydrogen-bond acceptors (Lipinski definition) is 3. The van der Waals surface area contributed by atoms with Crippen molar-refractivity contribution in [1.82, 2.24) is 5.32 Å². The number of cyclic esters (lactones) is 1. The largest absolute Gasteiger partial charge is 0.461 e. The summed E-state index contributed by atoms with van der Waals surface area (Å²) in [6, 6.07) is 4.85. The Balaban J connectivity index is 2.24. The summed E-state index contributed by atoms with van der Waals surface area (Å²) < 4.78 is 59.0. The highest BCUT2D eigenvalue weighted by Crippen LogP contribution is 2.34. The predicted molar refractivity (Wildman–Crippen MR) is 59.9 cm³/mol. The number of carbonyl (C=O) groups is 1. The SMILES string of the molecule is O=C1N[C@@H](c2ccccc2OC(F)(F)C(F)F)CCO1. The van der Waals surface area contributed by atoms with E-state index in [1.165, 1.54) is 18.2 Å². The van der Waals surface area contributed by atoms with Crippen LogP contribution in [-0.4, -0.2) is 25.2 Å². The molecular weight excluding hydrogens is 282 g/mol. The number of alkyl halides is 4. The smallest absolute Gasteiger partial charge is 0.449 e. The van der Waals surface area contributed by atoms with Crippen LogP contribution in [0.2, 0.25) is 0 Å². The van der Waals surface area contributed by atoms with Crippen LogP contribution in [0.5, 0.6) is 5.75 Å². The number of nitrogens with one attached hydrogen (secondary N) is 1. The van der Waals surface area contributed by atoms with Crippen LogP contribution in [0.15, 0.2) is 24.3 Å². The van der Waals surface area contributed by atoms with Gasteiger partial charge in [-0.25, -0.2) is 4.79 Å². The molecule has 1 atom stereocenters. The average molecular weight is 293 g/mol. The molecule has 110 valence electrons. The van der Waals surface area contributed by atoms with Crippen LogP contribution in [-0.2, 0) is 4.74 Å². The van der Waals surface area contributed by atoms with Gasteiger partial charge in [0.1, 0.15) is 5.75 Å². The molecule has 0 bridgehead atoms. The molecule has 1 heterocycles. The molecule has 20 heavy (non-hydrogen) atoms. The van der Waals surface area contributed by atoms with Crippen LogP contribution in [0.4, 0.5) is 22.4 Å². The maximum atomic E-state index is 13.0. The molecule has 8 heteroatoms. The highest BCUT2D eigenvalue weighted by molar-refractivity contribution is 5.69. The van der Waals surface area contributed by atoms with Gasteiger partial charge in [-0.2, -0.15) is 17.6 Å². The average Bonchev–Trinajstić information content (AvgIpc) is 2.38. The van der Waals surface area contributed by atoms with Gasteiger partial charge in [0.05, 0.1) is 12.6 Å². The topological polar surface area (TPSA) is 47.6 Å². The van der Waals surface area contributed by atoms with E-state index in [0.29, 0.717) is 6.42 Å². The fraction of sp³-hybridized carbons (Fsp3) is 0.417. The van der Waals surface area contributed by atoms with Crippen molar-refractivity contribution in [1.29, 1.82) is 0 Å². The van der Waals surface area contributed by atoms with Gasteiger partial charge in [-0.3, -0.25) is 0 Å². The number of alkyl carbamates (subject to hydrolysis) is 1. The predicted octanol–water partition coefficient (Wildman–Crippen LogP) is 3.09. The number of halogens is 4. The first-order valence-corrected chi connectivity index (χ1v) is 5.77. The number of benzene rings is 1. The van der Waals surface area contributed by atoms with E-state index in [2.05, 4.69) is 14.8 Å². The molecule has 1 N–H and O–H groups in total. The molecular formula is C12H11F4NO3. The van der Waals surface area contributed by atoms with E-state index in [0.717, 1.165) is 6.07 Å². The molecule has 0 aliphatic carbocycles. The first-order valence-electron chi connectivity index (χ1n) is 5.77. The number of rotatable bonds is 4. The minimum atomic E-state index is -4.59. The lowest BCUT2D eigenvalue weighted by atomic mass is 10.0. The Hall–Kier alpha value is -1.99. The van der Waals surface area contributed by atoms with Crippen LogP contribution in [0.1, 0.15) is 18.0 Å². The zero-order valence-electron chi connectivity index (χ0n) is 10.1. The van der Waals surface area contributed by atoms with Crippen LogP contribution in [0.25, 0.3) is 0 Å². The lowest BCUT2D eigenvalue weighted by Crippen LogP contribution is -2.37. The number of ether oxygens (including phenoxy) is 2. The summed E-state index contributed by atoms with van der Waals surface area (Å²) in [5.41, 5.74) is 0.199. The standard InChI is InChI=1S/C12H11F4NO3/c13-10(14)12(15,16)20-9-4-2-1-3-7(9)8-5-6-19-11(18)17-8/h1-4,8,10H,5-6H2,(H,17,18)/t8-/m1/s1. The third-order valence-electron chi connectivity index (χ3n) is 2.73. The molecule has 1 amide bonds.